The van der Waals surface area contributed by atoms with Gasteiger partial charge >= 0.3 is 0 Å². The van der Waals surface area contributed by atoms with Gasteiger partial charge in [-0.15, -0.1) is 0 Å². The molecule has 1 aromatic rings. The highest BCUT2D eigenvalue weighted by Gasteiger charge is 2.33. The SMILES string of the molecule is CCCC1C(=O)NCC(=O)N1Cc1ccc(Cl)c(F)c1. The summed E-state index contributed by atoms with van der Waals surface area (Å²) >= 11 is 5.63. The maximum atomic E-state index is 13.4. The lowest BCUT2D eigenvalue weighted by molar-refractivity contribution is -0.146. The first-order chi connectivity index (χ1) is 9.52. The lowest BCUT2D eigenvalue weighted by Crippen LogP contribution is -2.57. The lowest BCUT2D eigenvalue weighted by Gasteiger charge is -2.35. The zero-order valence-electron chi connectivity index (χ0n) is 11.2. The van der Waals surface area contributed by atoms with Crippen molar-refractivity contribution in [1.29, 1.82) is 0 Å². The second kappa shape index (κ2) is 6.22. The Hall–Kier alpha value is -1.62. The molecule has 108 valence electrons. The van der Waals surface area contributed by atoms with Crippen LogP contribution in [-0.4, -0.2) is 29.3 Å². The van der Waals surface area contributed by atoms with Crippen LogP contribution in [-0.2, 0) is 16.1 Å². The first-order valence-corrected chi connectivity index (χ1v) is 6.91. The molecule has 1 saturated heterocycles. The summed E-state index contributed by atoms with van der Waals surface area (Å²) in [5, 5.41) is 2.62. The van der Waals surface area contributed by atoms with Crippen LogP contribution in [0.2, 0.25) is 5.02 Å². The molecule has 0 saturated carbocycles. The molecule has 1 fully saturated rings. The summed E-state index contributed by atoms with van der Waals surface area (Å²) in [4.78, 5) is 25.3. The summed E-state index contributed by atoms with van der Waals surface area (Å²) in [7, 11) is 0. The smallest absolute Gasteiger partial charge is 0.243 e. The molecule has 1 heterocycles. The molecule has 0 aliphatic carbocycles. The van der Waals surface area contributed by atoms with Crippen molar-refractivity contribution >= 4 is 23.4 Å². The van der Waals surface area contributed by atoms with Gasteiger partial charge in [-0.2, -0.15) is 0 Å². The minimum atomic E-state index is -0.523. The summed E-state index contributed by atoms with van der Waals surface area (Å²) in [6.45, 7) is 2.16. The Bertz CT molecular complexity index is 536. The number of piperazine rings is 1. The Kier molecular flexibility index (Phi) is 4.60. The van der Waals surface area contributed by atoms with Gasteiger partial charge in [-0.05, 0) is 24.1 Å². The van der Waals surface area contributed by atoms with E-state index in [4.69, 9.17) is 11.6 Å². The van der Waals surface area contributed by atoms with Crippen molar-refractivity contribution in [3.05, 3.63) is 34.6 Å². The predicted molar refractivity (Wildman–Crippen MR) is 73.7 cm³/mol. The van der Waals surface area contributed by atoms with Crippen LogP contribution in [0.5, 0.6) is 0 Å². The van der Waals surface area contributed by atoms with Crippen molar-refractivity contribution in [3.63, 3.8) is 0 Å². The second-order valence-corrected chi connectivity index (χ2v) is 5.20. The van der Waals surface area contributed by atoms with Crippen LogP contribution in [0.4, 0.5) is 4.39 Å². The lowest BCUT2D eigenvalue weighted by atomic mass is 10.1. The molecule has 0 bridgehead atoms. The van der Waals surface area contributed by atoms with Crippen molar-refractivity contribution in [2.24, 2.45) is 0 Å². The van der Waals surface area contributed by atoms with E-state index in [1.807, 2.05) is 6.92 Å². The average molecular weight is 299 g/mol. The average Bonchev–Trinajstić information content (AvgIpc) is 2.42. The van der Waals surface area contributed by atoms with Crippen LogP contribution in [0.1, 0.15) is 25.3 Å². The quantitative estimate of drug-likeness (QED) is 0.925. The molecule has 4 nitrogen and oxygen atoms in total. The molecule has 1 atom stereocenters. The Morgan fingerprint density at radius 1 is 1.45 bits per heavy atom. The number of nitrogens with one attached hydrogen (secondary N) is 1. The van der Waals surface area contributed by atoms with Crippen LogP contribution in [0.3, 0.4) is 0 Å². The molecule has 1 aliphatic heterocycles. The van der Waals surface area contributed by atoms with Gasteiger partial charge in [0.15, 0.2) is 0 Å². The number of rotatable bonds is 4. The molecular formula is C14H16ClFN2O2. The molecule has 0 spiro atoms. The molecule has 1 N–H and O–H groups in total. The highest BCUT2D eigenvalue weighted by atomic mass is 35.5. The van der Waals surface area contributed by atoms with E-state index in [2.05, 4.69) is 5.32 Å². The van der Waals surface area contributed by atoms with E-state index in [0.29, 0.717) is 12.0 Å². The molecule has 2 rings (SSSR count). The van der Waals surface area contributed by atoms with Crippen LogP contribution >= 0.6 is 11.6 Å². The van der Waals surface area contributed by atoms with Gasteiger partial charge < -0.3 is 10.2 Å². The highest BCUT2D eigenvalue weighted by Crippen LogP contribution is 2.20. The van der Waals surface area contributed by atoms with E-state index in [1.165, 1.54) is 17.0 Å². The van der Waals surface area contributed by atoms with Crippen molar-refractivity contribution < 1.29 is 14.0 Å². The molecule has 1 unspecified atom stereocenters. The van der Waals surface area contributed by atoms with E-state index in [1.54, 1.807) is 6.07 Å². The largest absolute Gasteiger partial charge is 0.345 e. The summed E-state index contributed by atoms with van der Waals surface area (Å²) in [5.41, 5.74) is 0.621. The monoisotopic (exact) mass is 298 g/mol. The van der Waals surface area contributed by atoms with Gasteiger partial charge in [-0.1, -0.05) is 31.0 Å². The van der Waals surface area contributed by atoms with Crippen molar-refractivity contribution in [2.75, 3.05) is 6.54 Å². The summed E-state index contributed by atoms with van der Waals surface area (Å²) in [6, 6.07) is 3.93. The third kappa shape index (κ3) is 3.10. The third-order valence-corrected chi connectivity index (χ3v) is 3.62. The van der Waals surface area contributed by atoms with Crippen molar-refractivity contribution in [3.8, 4) is 0 Å². The fourth-order valence-electron chi connectivity index (χ4n) is 2.29. The van der Waals surface area contributed by atoms with E-state index >= 15 is 0 Å². The minimum Gasteiger partial charge on any atom is -0.345 e. The Labute approximate surface area is 121 Å². The minimum absolute atomic E-state index is 0.00484. The summed E-state index contributed by atoms with van der Waals surface area (Å²) < 4.78 is 13.4. The fraction of sp³-hybridized carbons (Fsp3) is 0.429. The first kappa shape index (κ1) is 14.8. The van der Waals surface area contributed by atoms with E-state index in [-0.39, 0.29) is 29.9 Å². The summed E-state index contributed by atoms with van der Waals surface area (Å²) in [5.74, 6) is -0.829. The van der Waals surface area contributed by atoms with Crippen LogP contribution in [0.25, 0.3) is 0 Å². The van der Waals surface area contributed by atoms with E-state index in [0.717, 1.165) is 6.42 Å². The highest BCUT2D eigenvalue weighted by molar-refractivity contribution is 6.30. The topological polar surface area (TPSA) is 49.4 Å². The molecule has 6 heteroatoms. The Morgan fingerprint density at radius 2 is 2.20 bits per heavy atom. The van der Waals surface area contributed by atoms with Gasteiger partial charge in [-0.3, -0.25) is 9.59 Å². The Balaban J connectivity index is 2.20. The van der Waals surface area contributed by atoms with Gasteiger partial charge in [0, 0.05) is 6.54 Å². The van der Waals surface area contributed by atoms with Gasteiger partial charge in [0.05, 0.1) is 11.6 Å². The van der Waals surface area contributed by atoms with Crippen LogP contribution in [0, 0.1) is 5.82 Å². The molecule has 0 radical (unpaired) electrons. The fourth-order valence-corrected chi connectivity index (χ4v) is 2.41. The maximum absolute atomic E-state index is 13.4. The molecule has 20 heavy (non-hydrogen) atoms. The van der Waals surface area contributed by atoms with Crippen molar-refractivity contribution in [2.45, 2.75) is 32.4 Å². The summed E-state index contributed by atoms with van der Waals surface area (Å²) in [6.07, 6.45) is 1.38. The number of carbonyl (C=O) groups excluding carboxylic acids is 2. The first-order valence-electron chi connectivity index (χ1n) is 6.54. The van der Waals surface area contributed by atoms with Crippen LogP contribution in [0.15, 0.2) is 18.2 Å². The maximum Gasteiger partial charge on any atom is 0.243 e. The number of amides is 2. The standard InChI is InChI=1S/C14H16ClFN2O2/c1-2-3-12-14(20)17-7-13(19)18(12)8-9-4-5-10(15)11(16)6-9/h4-6,12H,2-3,7-8H2,1H3,(H,17,20). The number of hydrogen-bond acceptors (Lipinski definition) is 2. The second-order valence-electron chi connectivity index (χ2n) is 4.79. The van der Waals surface area contributed by atoms with Gasteiger partial charge in [0.2, 0.25) is 11.8 Å². The van der Waals surface area contributed by atoms with Gasteiger partial charge in [0.25, 0.3) is 0 Å². The normalized spacial score (nSPS) is 19.1. The molecule has 0 aromatic heterocycles. The van der Waals surface area contributed by atoms with E-state index in [9.17, 15) is 14.0 Å². The van der Waals surface area contributed by atoms with E-state index < -0.39 is 11.9 Å². The number of hydrogen-bond donors (Lipinski definition) is 1. The molecule has 2 amide bonds. The third-order valence-electron chi connectivity index (χ3n) is 3.31. The van der Waals surface area contributed by atoms with Crippen molar-refractivity contribution in [1.82, 2.24) is 10.2 Å². The number of benzene rings is 1. The van der Waals surface area contributed by atoms with Gasteiger partial charge in [-0.25, -0.2) is 4.39 Å². The predicted octanol–water partition coefficient (Wildman–Crippen LogP) is 2.11. The van der Waals surface area contributed by atoms with Crippen LogP contribution < -0.4 is 5.32 Å². The number of nitrogens with zero attached hydrogens (tertiary/aromatic N) is 1. The zero-order chi connectivity index (χ0) is 14.7. The van der Waals surface area contributed by atoms with Gasteiger partial charge in [0.1, 0.15) is 11.9 Å². The number of halogens is 2. The zero-order valence-corrected chi connectivity index (χ0v) is 11.9. The number of carbonyl (C=O) groups is 2. The molecular weight excluding hydrogens is 283 g/mol. The molecule has 1 aliphatic rings. The Morgan fingerprint density at radius 3 is 2.85 bits per heavy atom. The molecule has 1 aromatic carbocycles.